The number of hydrogen-bond donors (Lipinski definition) is 1. The van der Waals surface area contributed by atoms with Gasteiger partial charge in [0.1, 0.15) is 9.90 Å². The average Bonchev–Trinajstić information content (AvgIpc) is 2.73. The molecule has 1 N–H and O–H groups in total. The van der Waals surface area contributed by atoms with Gasteiger partial charge in [-0.1, -0.05) is 15.9 Å². The van der Waals surface area contributed by atoms with Crippen LogP contribution >= 0.6 is 39.5 Å². The number of aliphatic hydroxyl groups is 1. The molecular weight excluding hydrogens is 323 g/mol. The van der Waals surface area contributed by atoms with Crippen molar-refractivity contribution in [2.24, 2.45) is 0 Å². The quantitative estimate of drug-likeness (QED) is 0.783. The van der Waals surface area contributed by atoms with Crippen LogP contribution in [0.5, 0.6) is 0 Å². The molecule has 1 spiro atoms. The summed E-state index contributed by atoms with van der Waals surface area (Å²) in [6.07, 6.45) is 1.04. The molecule has 0 amide bonds. The fraction of sp³-hybridized carbons (Fsp3) is 0.500. The number of fused-ring (bicyclic) bond motifs is 2. The molecule has 1 aliphatic heterocycles. The first-order valence-corrected chi connectivity index (χ1v) is 8.34. The molecule has 0 bridgehead atoms. The highest BCUT2D eigenvalue weighted by atomic mass is 79.9. The van der Waals surface area contributed by atoms with Gasteiger partial charge in [-0.25, -0.2) is 4.39 Å². The SMILES string of the molecule is OC1CCc2cc(Br)cc(F)c2C12SCCS2. The van der Waals surface area contributed by atoms with Gasteiger partial charge in [0.05, 0.1) is 6.10 Å². The Hall–Kier alpha value is 0.290. The Bertz CT molecular complexity index is 460. The molecule has 3 rings (SSSR count). The molecule has 0 aromatic heterocycles. The molecule has 1 aliphatic carbocycles. The molecule has 2 aliphatic rings. The van der Waals surface area contributed by atoms with Crippen molar-refractivity contribution in [1.82, 2.24) is 0 Å². The second-order valence-corrected chi connectivity index (χ2v) is 8.20. The number of hydrogen-bond acceptors (Lipinski definition) is 3. The van der Waals surface area contributed by atoms with E-state index in [-0.39, 0.29) is 5.82 Å². The summed E-state index contributed by atoms with van der Waals surface area (Å²) in [4.78, 5) is 0. The number of aliphatic hydroxyl groups excluding tert-OH is 1. The molecule has 92 valence electrons. The van der Waals surface area contributed by atoms with E-state index in [2.05, 4.69) is 15.9 Å². The Morgan fingerprint density at radius 2 is 2.06 bits per heavy atom. The largest absolute Gasteiger partial charge is 0.390 e. The topological polar surface area (TPSA) is 20.2 Å². The van der Waals surface area contributed by atoms with Crippen LogP contribution in [0.25, 0.3) is 0 Å². The van der Waals surface area contributed by atoms with E-state index in [0.717, 1.165) is 39.9 Å². The highest BCUT2D eigenvalue weighted by molar-refractivity contribution is 9.10. The maximum Gasteiger partial charge on any atom is 0.130 e. The first kappa shape index (κ1) is 12.3. The van der Waals surface area contributed by atoms with Crippen LogP contribution in [0.15, 0.2) is 16.6 Å². The summed E-state index contributed by atoms with van der Waals surface area (Å²) in [5.41, 5.74) is 1.77. The van der Waals surface area contributed by atoms with Crippen LogP contribution in [0.4, 0.5) is 4.39 Å². The molecule has 1 heterocycles. The molecule has 1 unspecified atom stereocenters. The molecule has 1 atom stereocenters. The molecular formula is C12H12BrFOS2. The summed E-state index contributed by atoms with van der Waals surface area (Å²) in [5, 5.41) is 10.3. The summed E-state index contributed by atoms with van der Waals surface area (Å²) >= 11 is 6.73. The van der Waals surface area contributed by atoms with Crippen molar-refractivity contribution in [2.75, 3.05) is 11.5 Å². The van der Waals surface area contributed by atoms with Crippen molar-refractivity contribution < 1.29 is 9.50 Å². The minimum absolute atomic E-state index is 0.185. The summed E-state index contributed by atoms with van der Waals surface area (Å²) in [6, 6.07) is 3.50. The fourth-order valence-electron chi connectivity index (χ4n) is 2.63. The second-order valence-electron chi connectivity index (χ2n) is 4.34. The van der Waals surface area contributed by atoms with E-state index < -0.39 is 10.2 Å². The van der Waals surface area contributed by atoms with Crippen molar-refractivity contribution in [3.05, 3.63) is 33.5 Å². The van der Waals surface area contributed by atoms with Crippen LogP contribution in [-0.2, 0) is 10.5 Å². The smallest absolute Gasteiger partial charge is 0.130 e. The fourth-order valence-corrected chi connectivity index (χ4v) is 6.58. The molecule has 1 aromatic carbocycles. The van der Waals surface area contributed by atoms with E-state index in [9.17, 15) is 9.50 Å². The standard InChI is InChI=1S/C12H12BrFOS2/c13-8-5-7-1-2-10(15)12(16-3-4-17-12)11(7)9(14)6-8/h5-6,10,15H,1-4H2. The van der Waals surface area contributed by atoms with Gasteiger partial charge in [-0.05, 0) is 30.5 Å². The Morgan fingerprint density at radius 3 is 2.76 bits per heavy atom. The maximum atomic E-state index is 14.2. The molecule has 1 aromatic rings. The van der Waals surface area contributed by atoms with Crippen molar-refractivity contribution in [3.8, 4) is 0 Å². The van der Waals surface area contributed by atoms with Gasteiger partial charge in [0.15, 0.2) is 0 Å². The van der Waals surface area contributed by atoms with Crippen molar-refractivity contribution in [2.45, 2.75) is 23.0 Å². The number of benzene rings is 1. The number of aryl methyl sites for hydroxylation is 1. The van der Waals surface area contributed by atoms with Crippen LogP contribution in [0.2, 0.25) is 0 Å². The van der Waals surface area contributed by atoms with Crippen molar-refractivity contribution in [1.29, 1.82) is 0 Å². The second kappa shape index (κ2) is 4.44. The van der Waals surface area contributed by atoms with Gasteiger partial charge in [0, 0.05) is 21.5 Å². The normalized spacial score (nSPS) is 26.2. The number of halogens is 2. The van der Waals surface area contributed by atoms with E-state index in [1.165, 1.54) is 6.07 Å². The van der Waals surface area contributed by atoms with E-state index in [1.54, 1.807) is 23.5 Å². The van der Waals surface area contributed by atoms with Crippen LogP contribution < -0.4 is 0 Å². The first-order chi connectivity index (χ1) is 8.13. The van der Waals surface area contributed by atoms with E-state index in [1.807, 2.05) is 6.07 Å². The Balaban J connectivity index is 2.20. The zero-order valence-electron chi connectivity index (χ0n) is 9.08. The molecule has 1 nitrogen and oxygen atoms in total. The van der Waals surface area contributed by atoms with Gasteiger partial charge >= 0.3 is 0 Å². The molecule has 0 saturated carbocycles. The minimum Gasteiger partial charge on any atom is -0.390 e. The molecule has 1 saturated heterocycles. The summed E-state index contributed by atoms with van der Waals surface area (Å²) in [7, 11) is 0. The highest BCUT2D eigenvalue weighted by Crippen LogP contribution is 2.58. The van der Waals surface area contributed by atoms with Crippen LogP contribution in [-0.4, -0.2) is 22.7 Å². The van der Waals surface area contributed by atoms with Gasteiger partial charge in [-0.3, -0.25) is 0 Å². The third-order valence-corrected chi connectivity index (χ3v) is 7.38. The molecule has 1 fully saturated rings. The molecule has 0 radical (unpaired) electrons. The predicted molar refractivity (Wildman–Crippen MR) is 75.0 cm³/mol. The molecule has 5 heteroatoms. The Kier molecular flexibility index (Phi) is 3.22. The first-order valence-electron chi connectivity index (χ1n) is 5.58. The van der Waals surface area contributed by atoms with Gasteiger partial charge in [0.25, 0.3) is 0 Å². The minimum atomic E-state index is -0.460. The van der Waals surface area contributed by atoms with Crippen molar-refractivity contribution >= 4 is 39.5 Å². The zero-order chi connectivity index (χ0) is 12.0. The lowest BCUT2D eigenvalue weighted by Gasteiger charge is -2.38. The maximum absolute atomic E-state index is 14.2. The lowest BCUT2D eigenvalue weighted by atomic mass is 9.88. The summed E-state index contributed by atoms with van der Waals surface area (Å²) in [6.45, 7) is 0. The third-order valence-electron chi connectivity index (χ3n) is 3.33. The lowest BCUT2D eigenvalue weighted by Crippen LogP contribution is -2.37. The van der Waals surface area contributed by atoms with Gasteiger partial charge in [0.2, 0.25) is 0 Å². The predicted octanol–water partition coefficient (Wildman–Crippen LogP) is 3.53. The zero-order valence-corrected chi connectivity index (χ0v) is 12.3. The number of thioether (sulfide) groups is 2. The van der Waals surface area contributed by atoms with Gasteiger partial charge in [-0.2, -0.15) is 0 Å². The van der Waals surface area contributed by atoms with Gasteiger partial charge in [-0.15, -0.1) is 23.5 Å². The van der Waals surface area contributed by atoms with Crippen LogP contribution in [0.1, 0.15) is 17.5 Å². The molecule has 17 heavy (non-hydrogen) atoms. The Labute approximate surface area is 117 Å². The monoisotopic (exact) mass is 334 g/mol. The third kappa shape index (κ3) is 1.86. The van der Waals surface area contributed by atoms with Gasteiger partial charge < -0.3 is 5.11 Å². The average molecular weight is 335 g/mol. The highest BCUT2D eigenvalue weighted by Gasteiger charge is 2.49. The van der Waals surface area contributed by atoms with E-state index in [4.69, 9.17) is 0 Å². The van der Waals surface area contributed by atoms with Crippen LogP contribution in [0, 0.1) is 5.82 Å². The number of rotatable bonds is 0. The summed E-state index contributed by atoms with van der Waals surface area (Å²) < 4.78 is 14.6. The van der Waals surface area contributed by atoms with E-state index in [0.29, 0.717) is 0 Å². The lowest BCUT2D eigenvalue weighted by molar-refractivity contribution is 0.142. The van der Waals surface area contributed by atoms with Crippen molar-refractivity contribution in [3.63, 3.8) is 0 Å². The summed E-state index contributed by atoms with van der Waals surface area (Å²) in [5.74, 6) is 1.78. The van der Waals surface area contributed by atoms with E-state index >= 15 is 0 Å². The van der Waals surface area contributed by atoms with Crippen LogP contribution in [0.3, 0.4) is 0 Å². The Morgan fingerprint density at radius 1 is 1.35 bits per heavy atom.